The summed E-state index contributed by atoms with van der Waals surface area (Å²) in [5.41, 5.74) is 1.00. The van der Waals surface area contributed by atoms with Crippen LogP contribution in [0, 0.1) is 5.92 Å². The second-order valence-electron chi connectivity index (χ2n) is 7.06. The third kappa shape index (κ3) is 4.54. The van der Waals surface area contributed by atoms with Crippen molar-refractivity contribution >= 4 is 15.9 Å². The number of rotatable bonds is 6. The highest BCUT2D eigenvalue weighted by Gasteiger charge is 2.34. The van der Waals surface area contributed by atoms with E-state index in [4.69, 9.17) is 4.74 Å². The van der Waals surface area contributed by atoms with E-state index in [1.165, 1.54) is 4.31 Å². The van der Waals surface area contributed by atoms with Crippen LogP contribution in [0.1, 0.15) is 18.4 Å². The summed E-state index contributed by atoms with van der Waals surface area (Å²) in [6.07, 6.45) is 1.38. The number of carbonyl (C=O) groups excluding carboxylic acids is 1. The topological polar surface area (TPSA) is 66.9 Å². The molecule has 1 atom stereocenters. The van der Waals surface area contributed by atoms with Gasteiger partial charge in [-0.1, -0.05) is 30.3 Å². The van der Waals surface area contributed by atoms with Crippen molar-refractivity contribution in [1.82, 2.24) is 9.21 Å². The Hall–Kier alpha value is -2.38. The van der Waals surface area contributed by atoms with Gasteiger partial charge in [0, 0.05) is 26.7 Å². The molecule has 7 heteroatoms. The van der Waals surface area contributed by atoms with Crippen LogP contribution >= 0.6 is 0 Å². The molecule has 0 N–H and O–H groups in total. The van der Waals surface area contributed by atoms with Crippen molar-refractivity contribution in [3.63, 3.8) is 0 Å². The molecule has 1 amide bonds. The number of sulfonamides is 1. The van der Waals surface area contributed by atoms with Gasteiger partial charge in [-0.15, -0.1) is 0 Å². The number of carbonyl (C=O) groups is 1. The average molecular weight is 403 g/mol. The van der Waals surface area contributed by atoms with Gasteiger partial charge in [0.25, 0.3) is 0 Å². The molecule has 1 fully saturated rings. The van der Waals surface area contributed by atoms with E-state index in [9.17, 15) is 13.2 Å². The fourth-order valence-corrected chi connectivity index (χ4v) is 5.04. The summed E-state index contributed by atoms with van der Waals surface area (Å²) in [6, 6.07) is 16.0. The SMILES string of the molecule is COc1ccc(CN(C)C(=O)[C@H]2CCCN(S(=O)(=O)c3ccccc3)C2)cc1. The summed E-state index contributed by atoms with van der Waals surface area (Å²) in [6.45, 7) is 1.15. The van der Waals surface area contributed by atoms with Gasteiger partial charge >= 0.3 is 0 Å². The third-order valence-corrected chi connectivity index (χ3v) is 6.95. The van der Waals surface area contributed by atoms with Gasteiger partial charge in [0.05, 0.1) is 17.9 Å². The molecule has 0 unspecified atom stereocenters. The number of hydrogen-bond acceptors (Lipinski definition) is 4. The van der Waals surface area contributed by atoms with Crippen LogP contribution < -0.4 is 4.74 Å². The average Bonchev–Trinajstić information content (AvgIpc) is 2.74. The molecule has 0 bridgehead atoms. The van der Waals surface area contributed by atoms with Crippen molar-refractivity contribution < 1.29 is 17.9 Å². The molecule has 2 aromatic rings. The lowest BCUT2D eigenvalue weighted by atomic mass is 9.98. The fourth-order valence-electron chi connectivity index (χ4n) is 3.50. The van der Waals surface area contributed by atoms with Crippen molar-refractivity contribution in [2.45, 2.75) is 24.3 Å². The molecule has 0 spiro atoms. The lowest BCUT2D eigenvalue weighted by Gasteiger charge is -2.33. The largest absolute Gasteiger partial charge is 0.497 e. The summed E-state index contributed by atoms with van der Waals surface area (Å²) in [7, 11) is -0.197. The van der Waals surface area contributed by atoms with Gasteiger partial charge in [0.15, 0.2) is 0 Å². The zero-order valence-corrected chi connectivity index (χ0v) is 17.1. The molecular weight excluding hydrogens is 376 g/mol. The van der Waals surface area contributed by atoms with Crippen LogP contribution in [0.2, 0.25) is 0 Å². The minimum absolute atomic E-state index is 0.0243. The van der Waals surface area contributed by atoms with Crippen LogP contribution in [-0.4, -0.2) is 50.8 Å². The predicted molar refractivity (Wildman–Crippen MR) is 107 cm³/mol. The minimum Gasteiger partial charge on any atom is -0.497 e. The zero-order chi connectivity index (χ0) is 20.1. The van der Waals surface area contributed by atoms with Crippen molar-refractivity contribution in [2.24, 2.45) is 5.92 Å². The normalized spacial score (nSPS) is 17.9. The Morgan fingerprint density at radius 2 is 1.82 bits per heavy atom. The van der Waals surface area contributed by atoms with E-state index in [1.54, 1.807) is 49.4 Å². The van der Waals surface area contributed by atoms with Gasteiger partial charge in [-0.3, -0.25) is 4.79 Å². The van der Waals surface area contributed by atoms with Crippen LogP contribution in [0.5, 0.6) is 5.75 Å². The summed E-state index contributed by atoms with van der Waals surface area (Å²) in [5, 5.41) is 0. The maximum absolute atomic E-state index is 12.9. The summed E-state index contributed by atoms with van der Waals surface area (Å²) >= 11 is 0. The molecule has 1 heterocycles. The first-order valence-corrected chi connectivity index (χ1v) is 10.8. The van der Waals surface area contributed by atoms with E-state index in [0.29, 0.717) is 25.9 Å². The first kappa shape index (κ1) is 20.4. The molecule has 0 aliphatic carbocycles. The molecule has 28 heavy (non-hydrogen) atoms. The second kappa shape index (κ2) is 8.75. The van der Waals surface area contributed by atoms with E-state index in [-0.39, 0.29) is 23.3 Å². The fraction of sp³-hybridized carbons (Fsp3) is 0.381. The predicted octanol–water partition coefficient (Wildman–Crippen LogP) is 2.75. The van der Waals surface area contributed by atoms with E-state index in [0.717, 1.165) is 11.3 Å². The molecular formula is C21H26N2O4S. The Morgan fingerprint density at radius 1 is 1.14 bits per heavy atom. The summed E-state index contributed by atoms with van der Waals surface area (Å²) in [5.74, 6) is 0.422. The maximum atomic E-state index is 12.9. The molecule has 1 aliphatic heterocycles. The number of piperidine rings is 1. The molecule has 0 aromatic heterocycles. The lowest BCUT2D eigenvalue weighted by Crippen LogP contribution is -2.45. The Bertz CT molecular complexity index is 898. The minimum atomic E-state index is -3.57. The summed E-state index contributed by atoms with van der Waals surface area (Å²) < 4.78 is 32.3. The monoisotopic (exact) mass is 402 g/mol. The molecule has 2 aromatic carbocycles. The number of ether oxygens (including phenoxy) is 1. The maximum Gasteiger partial charge on any atom is 0.243 e. The highest BCUT2D eigenvalue weighted by molar-refractivity contribution is 7.89. The van der Waals surface area contributed by atoms with Crippen LogP contribution in [0.3, 0.4) is 0 Å². The highest BCUT2D eigenvalue weighted by atomic mass is 32.2. The van der Waals surface area contributed by atoms with Gasteiger partial charge in [-0.05, 0) is 42.7 Å². The van der Waals surface area contributed by atoms with Gasteiger partial charge in [0.2, 0.25) is 15.9 Å². The zero-order valence-electron chi connectivity index (χ0n) is 16.2. The number of amides is 1. The summed E-state index contributed by atoms with van der Waals surface area (Å²) in [4.78, 5) is 14.9. The van der Waals surface area contributed by atoms with Crippen LogP contribution in [0.4, 0.5) is 0 Å². The molecule has 6 nitrogen and oxygen atoms in total. The van der Waals surface area contributed by atoms with Gasteiger partial charge in [0.1, 0.15) is 5.75 Å². The Morgan fingerprint density at radius 3 is 2.46 bits per heavy atom. The Balaban J connectivity index is 1.66. The first-order chi connectivity index (χ1) is 13.4. The van der Waals surface area contributed by atoms with Crippen molar-refractivity contribution in [1.29, 1.82) is 0 Å². The standard InChI is InChI=1S/C21H26N2O4S/c1-22(15-17-10-12-19(27-2)13-11-17)21(24)18-7-6-14-23(16-18)28(25,26)20-8-4-3-5-9-20/h3-5,8-13,18H,6-7,14-16H2,1-2H3/t18-/m0/s1. The Labute approximate surface area is 166 Å². The third-order valence-electron chi connectivity index (χ3n) is 5.07. The molecule has 150 valence electrons. The van der Waals surface area contributed by atoms with E-state index >= 15 is 0 Å². The van der Waals surface area contributed by atoms with Crippen molar-refractivity contribution in [3.8, 4) is 5.75 Å². The van der Waals surface area contributed by atoms with Crippen LogP contribution in [0.25, 0.3) is 0 Å². The Kier molecular flexibility index (Phi) is 6.36. The smallest absolute Gasteiger partial charge is 0.243 e. The number of hydrogen-bond donors (Lipinski definition) is 0. The second-order valence-corrected chi connectivity index (χ2v) is 9.00. The molecule has 0 saturated carbocycles. The van der Waals surface area contributed by atoms with Crippen molar-refractivity contribution in [3.05, 3.63) is 60.2 Å². The van der Waals surface area contributed by atoms with Crippen molar-refractivity contribution in [2.75, 3.05) is 27.2 Å². The number of methoxy groups -OCH3 is 1. The van der Waals surface area contributed by atoms with Crippen LogP contribution in [0.15, 0.2) is 59.5 Å². The number of nitrogens with zero attached hydrogens (tertiary/aromatic N) is 2. The molecule has 3 rings (SSSR count). The van der Waals surface area contributed by atoms with E-state index < -0.39 is 10.0 Å². The van der Waals surface area contributed by atoms with Gasteiger partial charge in [-0.2, -0.15) is 4.31 Å². The highest BCUT2D eigenvalue weighted by Crippen LogP contribution is 2.25. The van der Waals surface area contributed by atoms with Gasteiger partial charge in [-0.25, -0.2) is 8.42 Å². The van der Waals surface area contributed by atoms with Gasteiger partial charge < -0.3 is 9.64 Å². The van der Waals surface area contributed by atoms with E-state index in [1.807, 2.05) is 24.3 Å². The number of benzene rings is 2. The van der Waals surface area contributed by atoms with Crippen LogP contribution in [-0.2, 0) is 21.4 Å². The van der Waals surface area contributed by atoms with E-state index in [2.05, 4.69) is 0 Å². The lowest BCUT2D eigenvalue weighted by molar-refractivity contribution is -0.135. The first-order valence-electron chi connectivity index (χ1n) is 9.35. The molecule has 0 radical (unpaired) electrons. The quantitative estimate of drug-likeness (QED) is 0.745. The molecule has 1 aliphatic rings. The molecule has 1 saturated heterocycles.